The Hall–Kier alpha value is -0.670. The average Bonchev–Trinajstić information content (AvgIpc) is 2.07. The molecule has 0 atom stereocenters. The van der Waals surface area contributed by atoms with Gasteiger partial charge in [-0.15, -0.1) is 13.2 Å². The summed E-state index contributed by atoms with van der Waals surface area (Å²) in [4.78, 5) is 3.44. The number of aromatic nitrogens is 1. The van der Waals surface area contributed by atoms with Gasteiger partial charge in [-0.05, 0) is 29.5 Å². The maximum absolute atomic E-state index is 12.5. The molecule has 0 saturated carbocycles. The van der Waals surface area contributed by atoms with Crippen LogP contribution in [0.15, 0.2) is 6.20 Å². The molecule has 2 nitrogen and oxygen atoms in total. The van der Waals surface area contributed by atoms with E-state index in [0.717, 1.165) is 6.20 Å². The largest absolute Gasteiger partial charge is 0.573 e. The van der Waals surface area contributed by atoms with Gasteiger partial charge in [0.1, 0.15) is 0 Å². The minimum atomic E-state index is -4.92. The summed E-state index contributed by atoms with van der Waals surface area (Å²) in [5, 5.41) is 0. The predicted octanol–water partition coefficient (Wildman–Crippen LogP) is 3.83. The van der Waals surface area contributed by atoms with Gasteiger partial charge < -0.3 is 4.74 Å². The number of nitrogens with zero attached hydrogens (tertiary/aromatic N) is 1. The van der Waals surface area contributed by atoms with E-state index in [-0.39, 0.29) is 9.26 Å². The number of rotatable bonds is 2. The van der Waals surface area contributed by atoms with E-state index in [9.17, 15) is 22.0 Å². The quantitative estimate of drug-likeness (QED) is 0.596. The highest BCUT2D eigenvalue weighted by Gasteiger charge is 2.33. The zero-order chi connectivity index (χ0) is 12.5. The Morgan fingerprint density at radius 3 is 2.38 bits per heavy atom. The van der Waals surface area contributed by atoms with Crippen LogP contribution in [0.5, 0.6) is 5.75 Å². The molecule has 90 valence electrons. The first-order valence-corrected chi connectivity index (χ1v) is 4.99. The molecule has 1 aromatic heterocycles. The summed E-state index contributed by atoms with van der Waals surface area (Å²) >= 11 is 1.38. The number of hydrogen-bond acceptors (Lipinski definition) is 2. The smallest absolute Gasteiger partial charge is 0.403 e. The topological polar surface area (TPSA) is 22.1 Å². The van der Waals surface area contributed by atoms with E-state index < -0.39 is 24.1 Å². The van der Waals surface area contributed by atoms with Gasteiger partial charge in [0.2, 0.25) is 0 Å². The number of hydrogen-bond donors (Lipinski definition) is 0. The molecule has 0 fully saturated rings. The zero-order valence-corrected chi connectivity index (χ0v) is 9.94. The van der Waals surface area contributed by atoms with Crippen molar-refractivity contribution in [3.05, 3.63) is 21.0 Å². The van der Waals surface area contributed by atoms with Crippen molar-refractivity contribution in [2.24, 2.45) is 0 Å². The van der Waals surface area contributed by atoms with Crippen molar-refractivity contribution in [1.82, 2.24) is 4.98 Å². The fourth-order valence-corrected chi connectivity index (χ4v) is 1.90. The summed E-state index contributed by atoms with van der Waals surface area (Å²) in [6.45, 7) is 1.29. The molecule has 0 aliphatic rings. The number of ether oxygens (including phenoxy) is 1. The molecule has 0 aliphatic carbocycles. The van der Waals surface area contributed by atoms with E-state index in [1.54, 1.807) is 0 Å². The van der Waals surface area contributed by atoms with Crippen LogP contribution < -0.4 is 4.74 Å². The lowest BCUT2D eigenvalue weighted by Gasteiger charge is -2.13. The molecular formula is C8H5F5INO. The van der Waals surface area contributed by atoms with Crippen LogP contribution in [0, 0.1) is 10.5 Å². The highest BCUT2D eigenvalue weighted by molar-refractivity contribution is 14.1. The minimum absolute atomic E-state index is 0.0195. The lowest BCUT2D eigenvalue weighted by Crippen LogP contribution is -2.18. The molecule has 0 unspecified atom stereocenters. The molecule has 1 aromatic rings. The van der Waals surface area contributed by atoms with E-state index in [2.05, 4.69) is 9.72 Å². The van der Waals surface area contributed by atoms with Gasteiger partial charge in [-0.2, -0.15) is 0 Å². The molecule has 0 aromatic carbocycles. The van der Waals surface area contributed by atoms with Crippen molar-refractivity contribution >= 4 is 22.6 Å². The summed E-state index contributed by atoms with van der Waals surface area (Å²) < 4.78 is 64.1. The van der Waals surface area contributed by atoms with Crippen molar-refractivity contribution in [3.63, 3.8) is 0 Å². The van der Waals surface area contributed by atoms with Gasteiger partial charge in [-0.1, -0.05) is 0 Å². The summed E-state index contributed by atoms with van der Waals surface area (Å²) in [5.74, 6) is -0.714. The van der Waals surface area contributed by atoms with Crippen LogP contribution in [0.3, 0.4) is 0 Å². The number of pyridine rings is 1. The molecular weight excluding hydrogens is 348 g/mol. The van der Waals surface area contributed by atoms with E-state index in [0.29, 0.717) is 0 Å². The van der Waals surface area contributed by atoms with Gasteiger partial charge in [0, 0.05) is 5.69 Å². The highest BCUT2D eigenvalue weighted by atomic mass is 127. The van der Waals surface area contributed by atoms with Crippen LogP contribution in [-0.2, 0) is 0 Å². The normalized spacial score (nSPS) is 12.0. The SMILES string of the molecule is Cc1ncc(OC(F)(F)F)c(I)c1C(F)F. The van der Waals surface area contributed by atoms with Gasteiger partial charge in [0.25, 0.3) is 6.43 Å². The molecule has 0 radical (unpaired) electrons. The van der Waals surface area contributed by atoms with E-state index in [4.69, 9.17) is 0 Å². The van der Waals surface area contributed by atoms with Crippen molar-refractivity contribution in [3.8, 4) is 5.75 Å². The molecule has 0 amide bonds. The van der Waals surface area contributed by atoms with Crippen molar-refractivity contribution in [2.45, 2.75) is 19.7 Å². The average molecular weight is 353 g/mol. The van der Waals surface area contributed by atoms with Gasteiger partial charge in [-0.3, -0.25) is 4.98 Å². The fraction of sp³-hybridized carbons (Fsp3) is 0.375. The first-order chi connectivity index (χ1) is 7.22. The third-order valence-corrected chi connectivity index (χ3v) is 2.77. The molecule has 0 bridgehead atoms. The maximum atomic E-state index is 12.5. The maximum Gasteiger partial charge on any atom is 0.573 e. The lowest BCUT2D eigenvalue weighted by molar-refractivity contribution is -0.275. The first-order valence-electron chi connectivity index (χ1n) is 3.91. The van der Waals surface area contributed by atoms with E-state index in [1.165, 1.54) is 29.5 Å². The van der Waals surface area contributed by atoms with Crippen LogP contribution in [0.1, 0.15) is 17.7 Å². The molecule has 1 rings (SSSR count). The van der Waals surface area contributed by atoms with Crippen molar-refractivity contribution < 1.29 is 26.7 Å². The molecule has 8 heteroatoms. The second kappa shape index (κ2) is 4.68. The van der Waals surface area contributed by atoms with Crippen LogP contribution in [0.4, 0.5) is 22.0 Å². The van der Waals surface area contributed by atoms with Gasteiger partial charge >= 0.3 is 6.36 Å². The number of halogens is 6. The Bertz CT molecular complexity index is 393. The van der Waals surface area contributed by atoms with Crippen molar-refractivity contribution in [1.29, 1.82) is 0 Å². The monoisotopic (exact) mass is 353 g/mol. The number of aryl methyl sites for hydroxylation is 1. The van der Waals surface area contributed by atoms with Crippen LogP contribution in [0.2, 0.25) is 0 Å². The third-order valence-electron chi connectivity index (χ3n) is 1.66. The number of alkyl halides is 5. The summed E-state index contributed by atoms with van der Waals surface area (Å²) in [6.07, 6.45) is -7.04. The summed E-state index contributed by atoms with van der Waals surface area (Å²) in [7, 11) is 0. The van der Waals surface area contributed by atoms with E-state index >= 15 is 0 Å². The Kier molecular flexibility index (Phi) is 3.92. The molecule has 0 N–H and O–H groups in total. The Morgan fingerprint density at radius 2 is 1.94 bits per heavy atom. The molecule has 16 heavy (non-hydrogen) atoms. The second-order valence-corrected chi connectivity index (χ2v) is 3.86. The Morgan fingerprint density at radius 1 is 1.38 bits per heavy atom. The standard InChI is InChI=1S/C8H5F5INO/c1-3-5(7(9)10)6(14)4(2-15-3)16-8(11,12)13/h2,7H,1H3. The Labute approximate surface area is 101 Å². The molecule has 1 heterocycles. The fourth-order valence-electron chi connectivity index (χ4n) is 1.02. The van der Waals surface area contributed by atoms with Crippen LogP contribution in [-0.4, -0.2) is 11.3 Å². The lowest BCUT2D eigenvalue weighted by atomic mass is 10.2. The molecule has 0 aliphatic heterocycles. The van der Waals surface area contributed by atoms with Gasteiger partial charge in [-0.25, -0.2) is 8.78 Å². The highest BCUT2D eigenvalue weighted by Crippen LogP contribution is 2.34. The second-order valence-electron chi connectivity index (χ2n) is 2.78. The summed E-state index contributed by atoms with van der Waals surface area (Å²) in [6, 6.07) is 0. The zero-order valence-electron chi connectivity index (χ0n) is 7.78. The Balaban J connectivity index is 3.19. The van der Waals surface area contributed by atoms with Crippen molar-refractivity contribution in [2.75, 3.05) is 0 Å². The third kappa shape index (κ3) is 3.16. The first kappa shape index (κ1) is 13.4. The molecule has 0 spiro atoms. The van der Waals surface area contributed by atoms with Crippen LogP contribution in [0.25, 0.3) is 0 Å². The molecule has 0 saturated heterocycles. The van der Waals surface area contributed by atoms with E-state index in [1.807, 2.05) is 0 Å². The summed E-state index contributed by atoms with van der Waals surface area (Å²) in [5.41, 5.74) is -0.559. The predicted molar refractivity (Wildman–Crippen MR) is 53.3 cm³/mol. The van der Waals surface area contributed by atoms with Crippen LogP contribution >= 0.6 is 22.6 Å². The van der Waals surface area contributed by atoms with Gasteiger partial charge in [0.05, 0.1) is 15.3 Å². The minimum Gasteiger partial charge on any atom is -0.403 e. The van der Waals surface area contributed by atoms with Gasteiger partial charge in [0.15, 0.2) is 5.75 Å².